The Morgan fingerprint density at radius 1 is 0.393 bits per heavy atom. The molecule has 8 aromatic carbocycles. The van der Waals surface area contributed by atoms with Crippen LogP contribution in [0.5, 0.6) is 0 Å². The van der Waals surface area contributed by atoms with Crippen LogP contribution in [0.3, 0.4) is 0 Å². The number of benzene rings is 8. The molecule has 56 heavy (non-hydrogen) atoms. The van der Waals surface area contributed by atoms with Crippen molar-refractivity contribution in [1.82, 2.24) is 4.57 Å². The number of rotatable bonds is 8. The second kappa shape index (κ2) is 14.6. The van der Waals surface area contributed by atoms with Gasteiger partial charge in [0.05, 0.1) is 16.7 Å². The highest BCUT2D eigenvalue weighted by molar-refractivity contribution is 6.09. The van der Waals surface area contributed by atoms with E-state index in [1.807, 2.05) is 0 Å². The Balaban J connectivity index is 1.08. The number of fused-ring (bicyclic) bond motifs is 3. The number of nitrogens with zero attached hydrogens (tertiary/aromatic N) is 2. The van der Waals surface area contributed by atoms with Gasteiger partial charge in [0.25, 0.3) is 0 Å². The highest BCUT2D eigenvalue weighted by Crippen LogP contribution is 2.44. The van der Waals surface area contributed by atoms with Crippen LogP contribution in [0.1, 0.15) is 18.4 Å². The molecule has 0 bridgehead atoms. The molecule has 0 fully saturated rings. The van der Waals surface area contributed by atoms with Crippen molar-refractivity contribution in [2.75, 3.05) is 4.90 Å². The van der Waals surface area contributed by atoms with E-state index in [1.54, 1.807) is 0 Å². The van der Waals surface area contributed by atoms with E-state index < -0.39 is 0 Å². The molecule has 0 saturated carbocycles. The number of aromatic nitrogens is 1. The van der Waals surface area contributed by atoms with Gasteiger partial charge in [-0.1, -0.05) is 158 Å². The van der Waals surface area contributed by atoms with E-state index in [-0.39, 0.29) is 0 Å². The van der Waals surface area contributed by atoms with Gasteiger partial charge in [-0.2, -0.15) is 0 Å². The van der Waals surface area contributed by atoms with Crippen LogP contribution in [0.4, 0.5) is 17.1 Å². The SMILES string of the molecule is C1=CC(c2ccc(N(c3ccc(-c4ccccc4)cc3)c3ccc(-c4ccc(-n5c6ccccc6c6ccccc65)cc4)cc3-c3ccccc3)cc2)=CCC1. The van der Waals surface area contributed by atoms with Crippen molar-refractivity contribution in [2.24, 2.45) is 0 Å². The summed E-state index contributed by atoms with van der Waals surface area (Å²) in [6.45, 7) is 0. The maximum Gasteiger partial charge on any atom is 0.0541 e. The molecule has 1 aliphatic rings. The summed E-state index contributed by atoms with van der Waals surface area (Å²) in [5.74, 6) is 0. The Morgan fingerprint density at radius 3 is 1.50 bits per heavy atom. The van der Waals surface area contributed by atoms with Crippen LogP contribution in [0.15, 0.2) is 218 Å². The van der Waals surface area contributed by atoms with E-state index in [0.29, 0.717) is 0 Å². The van der Waals surface area contributed by atoms with Gasteiger partial charge in [-0.3, -0.25) is 0 Å². The van der Waals surface area contributed by atoms with Crippen LogP contribution < -0.4 is 4.90 Å². The fourth-order valence-electron chi connectivity index (χ4n) is 8.25. The Kier molecular flexibility index (Phi) is 8.70. The van der Waals surface area contributed by atoms with Gasteiger partial charge < -0.3 is 9.47 Å². The first-order valence-corrected chi connectivity index (χ1v) is 19.5. The molecule has 1 aromatic heterocycles. The van der Waals surface area contributed by atoms with Gasteiger partial charge >= 0.3 is 0 Å². The number of hydrogen-bond acceptors (Lipinski definition) is 1. The van der Waals surface area contributed by atoms with E-state index in [1.165, 1.54) is 66.3 Å². The number of allylic oxidation sites excluding steroid dienone is 4. The average Bonchev–Trinajstić information content (AvgIpc) is 3.62. The zero-order valence-corrected chi connectivity index (χ0v) is 31.1. The largest absolute Gasteiger partial charge is 0.310 e. The molecule has 1 aliphatic carbocycles. The van der Waals surface area contributed by atoms with Crippen molar-refractivity contribution in [2.45, 2.75) is 12.8 Å². The standard InChI is InChI=1S/C54H40N2/c1-4-14-39(15-5-1)41-24-31-46(32-25-41)55(47-33-26-42(27-34-47)40-16-6-2-7-17-40)54-37-30-45(38-51(54)44-18-8-3-9-19-44)43-28-35-48(36-29-43)56-52-22-12-10-20-49(52)50-21-11-13-23-53(50)56/h1,3-6,8-38H,2,7H2. The first-order valence-electron chi connectivity index (χ1n) is 19.5. The lowest BCUT2D eigenvalue weighted by molar-refractivity contribution is 1.04. The summed E-state index contributed by atoms with van der Waals surface area (Å²) in [6, 6.07) is 72.7. The van der Waals surface area contributed by atoms with E-state index in [9.17, 15) is 0 Å². The predicted octanol–water partition coefficient (Wildman–Crippen LogP) is 15.0. The van der Waals surface area contributed by atoms with Crippen molar-refractivity contribution in [1.29, 1.82) is 0 Å². The van der Waals surface area contributed by atoms with Crippen molar-refractivity contribution < 1.29 is 0 Å². The number of hydrogen-bond donors (Lipinski definition) is 0. The highest BCUT2D eigenvalue weighted by Gasteiger charge is 2.19. The molecule has 0 radical (unpaired) electrons. The third kappa shape index (κ3) is 6.22. The van der Waals surface area contributed by atoms with Crippen molar-refractivity contribution in [3.63, 3.8) is 0 Å². The fourth-order valence-corrected chi connectivity index (χ4v) is 8.25. The third-order valence-corrected chi connectivity index (χ3v) is 11.0. The molecule has 0 spiro atoms. The predicted molar refractivity (Wildman–Crippen MR) is 238 cm³/mol. The Hall–Kier alpha value is -7.16. The molecule has 266 valence electrons. The maximum absolute atomic E-state index is 2.40. The second-order valence-corrected chi connectivity index (χ2v) is 14.4. The minimum absolute atomic E-state index is 1.09. The van der Waals surface area contributed by atoms with Crippen LogP contribution in [0.2, 0.25) is 0 Å². The molecule has 0 unspecified atom stereocenters. The van der Waals surface area contributed by atoms with Crippen molar-refractivity contribution in [3.05, 3.63) is 224 Å². The minimum atomic E-state index is 1.09. The molecule has 1 heterocycles. The quantitative estimate of drug-likeness (QED) is 0.152. The van der Waals surface area contributed by atoms with E-state index in [4.69, 9.17) is 0 Å². The van der Waals surface area contributed by atoms with Crippen LogP contribution in [0.25, 0.3) is 66.4 Å². The molecular formula is C54H40N2. The minimum Gasteiger partial charge on any atom is -0.310 e. The molecule has 2 nitrogen and oxygen atoms in total. The third-order valence-electron chi connectivity index (χ3n) is 11.0. The summed E-state index contributed by atoms with van der Waals surface area (Å²) < 4.78 is 2.38. The van der Waals surface area contributed by atoms with E-state index >= 15 is 0 Å². The molecule has 0 saturated heterocycles. The smallest absolute Gasteiger partial charge is 0.0541 e. The lowest BCUT2D eigenvalue weighted by atomic mass is 9.95. The molecule has 0 N–H and O–H groups in total. The van der Waals surface area contributed by atoms with Crippen LogP contribution >= 0.6 is 0 Å². The Morgan fingerprint density at radius 2 is 0.893 bits per heavy atom. The Bertz CT molecular complexity index is 2810. The highest BCUT2D eigenvalue weighted by atomic mass is 15.1. The number of para-hydroxylation sites is 2. The molecule has 0 aliphatic heterocycles. The lowest BCUT2D eigenvalue weighted by Gasteiger charge is -2.29. The van der Waals surface area contributed by atoms with Gasteiger partial charge in [0.2, 0.25) is 0 Å². The van der Waals surface area contributed by atoms with Gasteiger partial charge in [0.1, 0.15) is 0 Å². The van der Waals surface area contributed by atoms with E-state index in [2.05, 4.69) is 228 Å². The van der Waals surface area contributed by atoms with E-state index in [0.717, 1.165) is 35.6 Å². The molecule has 0 atom stereocenters. The summed E-state index contributed by atoms with van der Waals surface area (Å²) in [6.07, 6.45) is 9.06. The summed E-state index contributed by atoms with van der Waals surface area (Å²) in [5.41, 5.74) is 16.6. The fraction of sp³-hybridized carbons (Fsp3) is 0.0370. The van der Waals surface area contributed by atoms with Crippen molar-refractivity contribution in [3.8, 4) is 39.1 Å². The average molecular weight is 717 g/mol. The normalized spacial score (nSPS) is 12.5. The van der Waals surface area contributed by atoms with Crippen LogP contribution in [-0.4, -0.2) is 4.57 Å². The molecule has 10 rings (SSSR count). The zero-order valence-electron chi connectivity index (χ0n) is 31.1. The Labute approximate surface area is 328 Å². The summed E-state index contributed by atoms with van der Waals surface area (Å²) in [5, 5.41) is 2.54. The van der Waals surface area contributed by atoms with Gasteiger partial charge in [-0.15, -0.1) is 0 Å². The lowest BCUT2D eigenvalue weighted by Crippen LogP contribution is -2.11. The summed E-state index contributed by atoms with van der Waals surface area (Å²) in [4.78, 5) is 2.40. The molecule has 9 aromatic rings. The van der Waals surface area contributed by atoms with Crippen LogP contribution in [-0.2, 0) is 0 Å². The van der Waals surface area contributed by atoms with Crippen LogP contribution in [0, 0.1) is 0 Å². The van der Waals surface area contributed by atoms with Gasteiger partial charge in [0.15, 0.2) is 0 Å². The maximum atomic E-state index is 2.40. The molecule has 2 heteroatoms. The molecule has 0 amide bonds. The first kappa shape index (κ1) is 33.4. The van der Waals surface area contributed by atoms with Crippen molar-refractivity contribution >= 4 is 44.4 Å². The number of anilines is 3. The molecular weight excluding hydrogens is 677 g/mol. The van der Waals surface area contributed by atoms with Gasteiger partial charge in [-0.25, -0.2) is 0 Å². The van der Waals surface area contributed by atoms with Gasteiger partial charge in [-0.05, 0) is 112 Å². The zero-order chi connectivity index (χ0) is 37.3. The second-order valence-electron chi connectivity index (χ2n) is 14.4. The summed E-state index contributed by atoms with van der Waals surface area (Å²) >= 11 is 0. The summed E-state index contributed by atoms with van der Waals surface area (Å²) in [7, 11) is 0. The van der Waals surface area contributed by atoms with Gasteiger partial charge in [0, 0.05) is 33.4 Å². The monoisotopic (exact) mass is 716 g/mol. The first-order chi connectivity index (χ1) is 27.8. The topological polar surface area (TPSA) is 8.17 Å².